The van der Waals surface area contributed by atoms with E-state index in [-0.39, 0.29) is 6.04 Å². The summed E-state index contributed by atoms with van der Waals surface area (Å²) >= 11 is 1.61. The van der Waals surface area contributed by atoms with Crippen molar-refractivity contribution in [2.24, 2.45) is 0 Å². The van der Waals surface area contributed by atoms with Crippen molar-refractivity contribution in [2.45, 2.75) is 32.4 Å². The second-order valence-corrected chi connectivity index (χ2v) is 6.44. The Morgan fingerprint density at radius 1 is 1.36 bits per heavy atom. The molecule has 114 valence electrons. The maximum atomic E-state index is 5.42. The zero-order valence-electron chi connectivity index (χ0n) is 12.2. The van der Waals surface area contributed by atoms with Gasteiger partial charge >= 0.3 is 0 Å². The van der Waals surface area contributed by atoms with Gasteiger partial charge in [-0.05, 0) is 37.8 Å². The molecule has 0 aliphatic carbocycles. The lowest BCUT2D eigenvalue weighted by atomic mass is 10.1. The molecule has 0 saturated carbocycles. The second kappa shape index (κ2) is 5.66. The molecule has 0 spiro atoms. The molecule has 1 aliphatic heterocycles. The first-order valence-corrected chi connectivity index (χ1v) is 8.21. The zero-order chi connectivity index (χ0) is 14.9. The summed E-state index contributed by atoms with van der Waals surface area (Å²) in [4.78, 5) is 7.83. The summed E-state index contributed by atoms with van der Waals surface area (Å²) in [5.74, 6) is 2.23. The van der Waals surface area contributed by atoms with Crippen molar-refractivity contribution in [3.8, 4) is 10.7 Å². The lowest BCUT2D eigenvalue weighted by Crippen LogP contribution is -2.22. The number of rotatable bonds is 4. The van der Waals surface area contributed by atoms with Gasteiger partial charge in [0.25, 0.3) is 0 Å². The molecule has 3 aromatic heterocycles. The molecule has 7 heteroatoms. The third kappa shape index (κ3) is 2.57. The minimum Gasteiger partial charge on any atom is -0.359 e. The first-order valence-electron chi connectivity index (χ1n) is 7.33. The van der Waals surface area contributed by atoms with Crippen LogP contribution in [0.5, 0.6) is 0 Å². The van der Waals surface area contributed by atoms with Gasteiger partial charge in [-0.2, -0.15) is 4.98 Å². The lowest BCUT2D eigenvalue weighted by Gasteiger charge is -2.19. The molecule has 0 N–H and O–H groups in total. The van der Waals surface area contributed by atoms with Crippen LogP contribution < -0.4 is 0 Å². The minimum atomic E-state index is 0.248. The van der Waals surface area contributed by atoms with Crippen LogP contribution in [0.1, 0.15) is 36.2 Å². The van der Waals surface area contributed by atoms with Gasteiger partial charge in [0, 0.05) is 6.07 Å². The first kappa shape index (κ1) is 13.7. The predicted molar refractivity (Wildman–Crippen MR) is 81.2 cm³/mol. The Morgan fingerprint density at radius 2 is 2.32 bits per heavy atom. The Labute approximate surface area is 131 Å². The monoisotopic (exact) mass is 316 g/mol. The van der Waals surface area contributed by atoms with Crippen LogP contribution in [0.4, 0.5) is 0 Å². The highest BCUT2D eigenvalue weighted by atomic mass is 32.1. The maximum Gasteiger partial charge on any atom is 0.241 e. The summed E-state index contributed by atoms with van der Waals surface area (Å²) < 4.78 is 10.8. The van der Waals surface area contributed by atoms with Gasteiger partial charge in [-0.3, -0.25) is 4.90 Å². The van der Waals surface area contributed by atoms with Crippen LogP contribution in [0.25, 0.3) is 10.7 Å². The Hall–Kier alpha value is -1.99. The van der Waals surface area contributed by atoms with Crippen LogP contribution >= 0.6 is 11.3 Å². The van der Waals surface area contributed by atoms with Gasteiger partial charge in [0.15, 0.2) is 5.76 Å². The molecule has 3 aromatic rings. The molecule has 6 nitrogen and oxygen atoms in total. The van der Waals surface area contributed by atoms with Gasteiger partial charge in [-0.25, -0.2) is 0 Å². The lowest BCUT2D eigenvalue weighted by molar-refractivity contribution is 0.183. The van der Waals surface area contributed by atoms with Crippen molar-refractivity contribution in [1.82, 2.24) is 20.2 Å². The SMILES string of the molecule is Cc1cc(C2CCCN2Cc2nc(-c3cccs3)no2)on1. The highest BCUT2D eigenvalue weighted by Gasteiger charge is 2.30. The smallest absolute Gasteiger partial charge is 0.241 e. The molecule has 1 atom stereocenters. The normalized spacial score (nSPS) is 19.0. The summed E-state index contributed by atoms with van der Waals surface area (Å²) in [6, 6.07) is 6.24. The van der Waals surface area contributed by atoms with E-state index < -0.39 is 0 Å². The molecule has 1 saturated heterocycles. The fourth-order valence-electron chi connectivity index (χ4n) is 2.88. The molecular weight excluding hydrogens is 300 g/mol. The molecule has 1 unspecified atom stereocenters. The molecule has 4 rings (SSSR count). The summed E-state index contributed by atoms with van der Waals surface area (Å²) in [6.07, 6.45) is 2.21. The molecule has 22 heavy (non-hydrogen) atoms. The van der Waals surface area contributed by atoms with Crippen molar-refractivity contribution >= 4 is 11.3 Å². The van der Waals surface area contributed by atoms with Gasteiger partial charge < -0.3 is 9.05 Å². The molecule has 4 heterocycles. The fraction of sp³-hybridized carbons (Fsp3) is 0.400. The quantitative estimate of drug-likeness (QED) is 0.734. The number of nitrogens with zero attached hydrogens (tertiary/aromatic N) is 4. The molecular formula is C15H16N4O2S. The number of hydrogen-bond donors (Lipinski definition) is 0. The van der Waals surface area contributed by atoms with Crippen molar-refractivity contribution in [3.63, 3.8) is 0 Å². The number of thiophene rings is 1. The first-order chi connectivity index (χ1) is 10.8. The highest BCUT2D eigenvalue weighted by Crippen LogP contribution is 2.33. The van der Waals surface area contributed by atoms with Gasteiger partial charge in [0.1, 0.15) is 0 Å². The van der Waals surface area contributed by atoms with Crippen LogP contribution in [0.15, 0.2) is 32.6 Å². The summed E-state index contributed by atoms with van der Waals surface area (Å²) in [6.45, 7) is 3.58. The number of aryl methyl sites for hydroxylation is 1. The average Bonchev–Trinajstić information content (AvgIpc) is 3.26. The highest BCUT2D eigenvalue weighted by molar-refractivity contribution is 7.13. The van der Waals surface area contributed by atoms with Crippen molar-refractivity contribution < 1.29 is 9.05 Å². The van der Waals surface area contributed by atoms with E-state index in [1.165, 1.54) is 0 Å². The number of aromatic nitrogens is 3. The van der Waals surface area contributed by atoms with E-state index in [9.17, 15) is 0 Å². The fourth-order valence-corrected chi connectivity index (χ4v) is 3.53. The summed E-state index contributed by atoms with van der Waals surface area (Å²) in [5.41, 5.74) is 0.916. The molecule has 0 radical (unpaired) electrons. The van der Waals surface area contributed by atoms with Crippen LogP contribution in [0, 0.1) is 6.92 Å². The van der Waals surface area contributed by atoms with Crippen LogP contribution in [0.3, 0.4) is 0 Å². The van der Waals surface area contributed by atoms with Gasteiger partial charge in [0.05, 0.1) is 23.2 Å². The minimum absolute atomic E-state index is 0.248. The largest absolute Gasteiger partial charge is 0.359 e. The second-order valence-electron chi connectivity index (χ2n) is 5.49. The summed E-state index contributed by atoms with van der Waals surface area (Å²) in [5, 5.41) is 10.1. The molecule has 1 fully saturated rings. The molecule has 0 aromatic carbocycles. The van der Waals surface area contributed by atoms with Gasteiger partial charge in [-0.1, -0.05) is 16.4 Å². The molecule has 0 bridgehead atoms. The Kier molecular flexibility index (Phi) is 3.51. The van der Waals surface area contributed by atoms with Crippen molar-refractivity contribution in [3.05, 3.63) is 40.9 Å². The van der Waals surface area contributed by atoms with E-state index >= 15 is 0 Å². The number of hydrogen-bond acceptors (Lipinski definition) is 7. The van der Waals surface area contributed by atoms with E-state index in [2.05, 4.69) is 20.2 Å². The van der Waals surface area contributed by atoms with Crippen molar-refractivity contribution in [2.75, 3.05) is 6.54 Å². The predicted octanol–water partition coefficient (Wildman–Crippen LogP) is 3.43. The number of likely N-dealkylation sites (tertiary alicyclic amines) is 1. The maximum absolute atomic E-state index is 5.42. The van der Waals surface area contributed by atoms with E-state index in [1.54, 1.807) is 11.3 Å². The standard InChI is InChI=1S/C15H16N4O2S/c1-10-8-12(20-17-10)11-4-2-6-19(11)9-14-16-15(18-21-14)13-5-3-7-22-13/h3,5,7-8,11H,2,4,6,9H2,1H3. The topological polar surface area (TPSA) is 68.2 Å². The van der Waals surface area contributed by atoms with Crippen molar-refractivity contribution in [1.29, 1.82) is 0 Å². The Morgan fingerprint density at radius 3 is 3.09 bits per heavy atom. The third-order valence-corrected chi connectivity index (χ3v) is 4.75. The van der Waals surface area contributed by atoms with E-state index in [0.29, 0.717) is 18.3 Å². The average molecular weight is 316 g/mol. The van der Waals surface area contributed by atoms with Crippen LogP contribution in [0.2, 0.25) is 0 Å². The molecule has 0 amide bonds. The Bertz CT molecular complexity index is 749. The van der Waals surface area contributed by atoms with E-state index in [4.69, 9.17) is 9.05 Å². The van der Waals surface area contributed by atoms with Gasteiger partial charge in [-0.15, -0.1) is 11.3 Å². The third-order valence-electron chi connectivity index (χ3n) is 3.89. The van der Waals surface area contributed by atoms with E-state index in [1.807, 2.05) is 30.5 Å². The van der Waals surface area contributed by atoms with Crippen LogP contribution in [-0.4, -0.2) is 26.7 Å². The Balaban J connectivity index is 1.50. The van der Waals surface area contributed by atoms with Crippen LogP contribution in [-0.2, 0) is 6.54 Å². The van der Waals surface area contributed by atoms with Gasteiger partial charge in [0.2, 0.25) is 11.7 Å². The zero-order valence-corrected chi connectivity index (χ0v) is 13.0. The molecule has 1 aliphatic rings. The van der Waals surface area contributed by atoms with E-state index in [0.717, 1.165) is 35.7 Å². The summed E-state index contributed by atoms with van der Waals surface area (Å²) in [7, 11) is 0.